The highest BCUT2D eigenvalue weighted by atomic mass is 32.2. The number of carbonyl (C=O) groups is 17. The minimum Gasteiger partial charge on any atom is -0.508 e. The van der Waals surface area contributed by atoms with Crippen molar-refractivity contribution in [3.63, 3.8) is 0 Å². The molecule has 37 nitrogen and oxygen atoms in total. The van der Waals surface area contributed by atoms with Crippen LogP contribution in [0.25, 0.3) is 0 Å². The number of carboxylic acids is 3. The maximum absolute atomic E-state index is 14.6. The topological polar surface area (TPSA) is 586 Å². The zero-order valence-electron chi connectivity index (χ0n) is 60.8. The Morgan fingerprint density at radius 3 is 1.09 bits per heavy atom. The van der Waals surface area contributed by atoms with Gasteiger partial charge in [-0.2, -0.15) is 37.0 Å². The lowest BCUT2D eigenvalue weighted by molar-refractivity contribution is -0.144. The summed E-state index contributed by atoms with van der Waals surface area (Å²) in [5.41, 5.74) is 6.95. The fourth-order valence-corrected chi connectivity index (χ4v) is 11.3. The van der Waals surface area contributed by atoms with Crippen molar-refractivity contribution in [2.24, 2.45) is 11.7 Å². The van der Waals surface area contributed by atoms with Crippen LogP contribution in [-0.2, 0) is 107 Å². The zero-order valence-corrected chi connectivity index (χ0v) is 63.4. The lowest BCUT2D eigenvalue weighted by Gasteiger charge is -2.27. The largest absolute Gasteiger partial charge is 0.508 e. The number of carbonyl (C=O) groups excluding carboxylic acids is 14. The molecule has 0 aliphatic carbocycles. The van der Waals surface area contributed by atoms with Crippen LogP contribution in [0.2, 0.25) is 0 Å². The first-order valence-electron chi connectivity index (χ1n) is 34.5. The summed E-state index contributed by atoms with van der Waals surface area (Å²) in [4.78, 5) is 227. The normalized spacial score (nSPS) is 13.8. The summed E-state index contributed by atoms with van der Waals surface area (Å²) >= 11 is 9.69. The average molecular weight is 1600 g/mol. The minimum absolute atomic E-state index is 0.117. The molecule has 0 radical (unpaired) electrons. The van der Waals surface area contributed by atoms with E-state index >= 15 is 0 Å². The summed E-state index contributed by atoms with van der Waals surface area (Å²) in [6.07, 6.45) is -1.55. The number of rotatable bonds is 47. The van der Waals surface area contributed by atoms with Gasteiger partial charge in [-0.3, -0.25) is 76.7 Å². The van der Waals surface area contributed by atoms with Gasteiger partial charge in [-0.25, -0.2) is 4.79 Å². The lowest BCUT2D eigenvalue weighted by atomic mass is 10.0. The van der Waals surface area contributed by atoms with Gasteiger partial charge in [0.1, 0.15) is 78.0 Å². The van der Waals surface area contributed by atoms with Gasteiger partial charge in [-0.1, -0.05) is 98.8 Å². The number of aliphatic carboxylic acids is 3. The fraction of sp³-hybridized carbons (Fsp3) is 0.423. The first kappa shape index (κ1) is 91.9. The van der Waals surface area contributed by atoms with E-state index in [9.17, 15) is 107 Å². The number of hydrogen-bond acceptors (Lipinski definition) is 23. The highest BCUT2D eigenvalue weighted by Crippen LogP contribution is 2.16. The molecular weight excluding hydrogens is 1510 g/mol. The molecule has 0 fully saturated rings. The number of carboxylic acid groups (broad SMARTS) is 3. The quantitative estimate of drug-likeness (QED) is 0.0185. The second-order valence-electron chi connectivity index (χ2n) is 25.4. The van der Waals surface area contributed by atoms with Crippen molar-refractivity contribution in [2.75, 3.05) is 49.7 Å². The van der Waals surface area contributed by atoms with Crippen molar-refractivity contribution in [2.45, 2.75) is 132 Å². The molecule has 602 valence electrons. The number of hydrogen-bond donors (Lipinski definition) is 22. The Bertz CT molecular complexity index is 3910. The molecule has 4 rings (SSSR count). The third-order valence-corrected chi connectivity index (χ3v) is 17.6. The highest BCUT2D eigenvalue weighted by Gasteiger charge is 2.37. The zero-order chi connectivity index (χ0) is 82.4. The molecule has 111 heavy (non-hydrogen) atoms. The Morgan fingerprint density at radius 1 is 0.369 bits per heavy atom. The van der Waals surface area contributed by atoms with Crippen LogP contribution in [0, 0.1) is 5.92 Å². The van der Waals surface area contributed by atoms with E-state index in [2.05, 4.69) is 99.7 Å². The number of amides is 14. The van der Waals surface area contributed by atoms with E-state index in [1.807, 2.05) is 0 Å². The summed E-state index contributed by atoms with van der Waals surface area (Å²) < 4.78 is 0. The SMILES string of the molecule is CSCC[C@H](NC(=O)[C@@H](Cc1ccc(O)cc1)NC(=O)[C@H](CS)NC(=O)[C@H](C)NC(=O)[C@H](Cc1ccc(O)cc1)NC(=O)[C@H](Cc1ccccc1)NC(=O)CNC(=O)[C@H](CC(=O)O)NC(=O)[C@H](CS)NC(=O)[C@@H](Cc1ccccc1)NC(=O)CNC(=O)CNC(=O)CN)C(=O)N[C@@H](CC(=O)O)C(=O)N[C@H](C(=O)O)C(C)C. The Balaban J connectivity index is 1.52. The van der Waals surface area contributed by atoms with Crippen molar-refractivity contribution in [1.29, 1.82) is 0 Å². The maximum Gasteiger partial charge on any atom is 0.326 e. The molecule has 40 heteroatoms. The van der Waals surface area contributed by atoms with Crippen LogP contribution in [0.3, 0.4) is 0 Å². The third kappa shape index (κ3) is 33.5. The number of nitrogens with one attached hydrogen (secondary N) is 14. The van der Waals surface area contributed by atoms with Crippen molar-refractivity contribution >= 4 is 138 Å². The average Bonchev–Trinajstić information content (AvgIpc) is 0.856. The van der Waals surface area contributed by atoms with E-state index in [0.717, 1.165) is 0 Å². The molecule has 0 aliphatic heterocycles. The van der Waals surface area contributed by atoms with Gasteiger partial charge in [0, 0.05) is 37.2 Å². The van der Waals surface area contributed by atoms with Crippen LogP contribution in [0.5, 0.6) is 11.5 Å². The summed E-state index contributed by atoms with van der Waals surface area (Å²) in [6.45, 7) is 1.69. The number of phenols is 2. The van der Waals surface area contributed by atoms with Gasteiger partial charge in [-0.15, -0.1) is 0 Å². The number of aromatic hydroxyl groups is 2. The van der Waals surface area contributed by atoms with Crippen molar-refractivity contribution < 1.29 is 107 Å². The Morgan fingerprint density at radius 2 is 0.694 bits per heavy atom. The summed E-state index contributed by atoms with van der Waals surface area (Å²) in [5.74, 6) is -20.1. The molecule has 14 amide bonds. The summed E-state index contributed by atoms with van der Waals surface area (Å²) in [7, 11) is 0. The molecule has 0 aromatic heterocycles. The van der Waals surface area contributed by atoms with Gasteiger partial charge in [0.2, 0.25) is 82.7 Å². The third-order valence-electron chi connectivity index (χ3n) is 16.3. The molecule has 0 saturated carbocycles. The molecule has 0 heterocycles. The van der Waals surface area contributed by atoms with E-state index < -0.39 is 224 Å². The second-order valence-corrected chi connectivity index (χ2v) is 27.1. The Hall–Kier alpha value is -11.5. The van der Waals surface area contributed by atoms with Gasteiger partial charge >= 0.3 is 17.9 Å². The Labute approximate surface area is 652 Å². The standard InChI is InChI=1S/C71H93N15O22S3/c1-37(2)60(71(107)108)86-68(104)51(30-59(95)96)83-63(99)45(23-24-111-4)79-67(103)49(28-42-17-21-44(88)22-18-42)81-69(105)52(35-109)84-61(97)38(3)76-64(100)48(27-41-15-19-43(87)20-16-41)80-65(101)46(25-39-11-7-5-8-12-39)78-57(92)34-75-62(98)50(29-58(93)94)82-70(106)53(36-110)85-66(102)47(26-40-13-9-6-10-14-40)77-56(91)33-74-55(90)32-73-54(89)31-72/h5-22,37-38,45-53,60,87-88,109-110H,23-36,72H2,1-4H3,(H,73,89)(H,74,90)(H,75,98)(H,76,100)(H,77,91)(H,78,92)(H,79,103)(H,80,101)(H,81,105)(H,82,106)(H,83,99)(H,84,97)(H,85,102)(H,86,104)(H,93,94)(H,95,96)(H,107,108)/t38-,45-,46-,47+,48-,49+,50-,51-,52-,53-,60-/m0/s1. The van der Waals surface area contributed by atoms with Gasteiger partial charge < -0.3 is 106 Å². The molecule has 4 aromatic rings. The van der Waals surface area contributed by atoms with Crippen LogP contribution in [0.4, 0.5) is 0 Å². The van der Waals surface area contributed by atoms with Gasteiger partial charge in [0.25, 0.3) is 0 Å². The van der Waals surface area contributed by atoms with E-state index in [1.165, 1.54) is 81.1 Å². The van der Waals surface area contributed by atoms with Crippen LogP contribution in [0.15, 0.2) is 109 Å². The number of thioether (sulfide) groups is 1. The van der Waals surface area contributed by atoms with Gasteiger partial charge in [0.15, 0.2) is 0 Å². The van der Waals surface area contributed by atoms with Gasteiger partial charge in [0.05, 0.1) is 39.0 Å². The summed E-state index contributed by atoms with van der Waals surface area (Å²) in [6, 6.07) is 9.64. The number of phenolic OH excluding ortho intramolecular Hbond substituents is 2. The van der Waals surface area contributed by atoms with Crippen LogP contribution < -0.4 is 80.2 Å². The molecule has 0 aliphatic rings. The lowest BCUT2D eigenvalue weighted by Crippen LogP contribution is -2.61. The molecule has 0 spiro atoms. The van der Waals surface area contributed by atoms with Crippen molar-refractivity contribution in [3.8, 4) is 11.5 Å². The van der Waals surface area contributed by atoms with Crippen LogP contribution in [-0.4, -0.2) is 242 Å². The van der Waals surface area contributed by atoms with E-state index in [1.54, 1.807) is 66.9 Å². The maximum atomic E-state index is 14.6. The number of thiol groups is 2. The molecule has 0 unspecified atom stereocenters. The molecule has 0 saturated heterocycles. The highest BCUT2D eigenvalue weighted by molar-refractivity contribution is 7.98. The van der Waals surface area contributed by atoms with Crippen LogP contribution >= 0.6 is 37.0 Å². The van der Waals surface area contributed by atoms with E-state index in [-0.39, 0.29) is 49.4 Å². The molecule has 4 aromatic carbocycles. The van der Waals surface area contributed by atoms with E-state index in [0.29, 0.717) is 22.3 Å². The first-order chi connectivity index (χ1) is 52.6. The van der Waals surface area contributed by atoms with Crippen molar-refractivity contribution in [3.05, 3.63) is 131 Å². The number of benzene rings is 4. The van der Waals surface area contributed by atoms with Crippen LogP contribution in [0.1, 0.15) is 62.3 Å². The van der Waals surface area contributed by atoms with Crippen molar-refractivity contribution in [1.82, 2.24) is 74.4 Å². The molecule has 11 atom stereocenters. The van der Waals surface area contributed by atoms with Gasteiger partial charge in [-0.05, 0) is 77.8 Å². The second kappa shape index (κ2) is 47.4. The fourth-order valence-electron chi connectivity index (χ4n) is 10.3. The monoisotopic (exact) mass is 1600 g/mol. The predicted molar refractivity (Wildman–Crippen MR) is 407 cm³/mol. The predicted octanol–water partition coefficient (Wildman–Crippen LogP) is -4.67. The molecule has 0 bridgehead atoms. The smallest absolute Gasteiger partial charge is 0.326 e. The number of nitrogens with two attached hydrogens (primary N) is 1. The molecule has 21 N–H and O–H groups in total. The Kier molecular flexibility index (Phi) is 39.2. The first-order valence-corrected chi connectivity index (χ1v) is 37.1. The minimum atomic E-state index is -1.92. The van der Waals surface area contributed by atoms with E-state index in [4.69, 9.17) is 5.73 Å². The summed E-state index contributed by atoms with van der Waals surface area (Å²) in [5, 5.41) is 82.7. The molecular formula is C71H93N15O22S3.